The minimum absolute atomic E-state index is 0.203. The molecule has 3 aromatic rings. The maximum Gasteiger partial charge on any atom is 0.255 e. The van der Waals surface area contributed by atoms with Crippen molar-refractivity contribution in [2.75, 3.05) is 5.32 Å². The van der Waals surface area contributed by atoms with Gasteiger partial charge in [-0.2, -0.15) is 0 Å². The Balaban J connectivity index is 1.90. The van der Waals surface area contributed by atoms with E-state index < -0.39 is 0 Å². The number of nitrogens with zero attached hydrogens (tertiary/aromatic N) is 3. The van der Waals surface area contributed by atoms with Crippen molar-refractivity contribution >= 4 is 38.6 Å². The fraction of sp³-hybridized carbons (Fsp3) is 0.125. The second-order valence-electron chi connectivity index (χ2n) is 4.92. The Morgan fingerprint density at radius 1 is 1.05 bits per heavy atom. The summed E-state index contributed by atoms with van der Waals surface area (Å²) in [4.78, 5) is 25.3. The Hall–Kier alpha value is -2.34. The summed E-state index contributed by atoms with van der Waals surface area (Å²) in [7, 11) is 0. The lowest BCUT2D eigenvalue weighted by Crippen LogP contribution is -2.12. The number of aromatic nitrogens is 3. The highest BCUT2D eigenvalue weighted by molar-refractivity contribution is 9.10. The lowest BCUT2D eigenvalue weighted by molar-refractivity contribution is 0.102. The number of hydrogen-bond acceptors (Lipinski definition) is 4. The Kier molecular flexibility index (Phi) is 3.85. The first-order valence-corrected chi connectivity index (χ1v) is 7.50. The van der Waals surface area contributed by atoms with E-state index in [1.807, 2.05) is 19.9 Å². The summed E-state index contributed by atoms with van der Waals surface area (Å²) in [6, 6.07) is 8.85. The van der Waals surface area contributed by atoms with Crippen molar-refractivity contribution in [3.05, 3.63) is 58.1 Å². The standard InChI is InChI=1S/C16H13BrN4O/c1-9-10(2)20-14-7-11(3-5-13(14)19-9)16(22)21-12-4-6-15(17)18-8-12/h3-8H,1-2H3,(H,21,22). The summed E-state index contributed by atoms with van der Waals surface area (Å²) in [6.07, 6.45) is 1.59. The first-order valence-electron chi connectivity index (χ1n) is 6.71. The number of nitrogens with one attached hydrogen (secondary N) is 1. The van der Waals surface area contributed by atoms with Crippen LogP contribution in [0.3, 0.4) is 0 Å². The van der Waals surface area contributed by atoms with E-state index >= 15 is 0 Å². The average Bonchev–Trinajstić information content (AvgIpc) is 2.50. The van der Waals surface area contributed by atoms with Crippen LogP contribution in [-0.2, 0) is 0 Å². The molecule has 1 amide bonds. The monoisotopic (exact) mass is 356 g/mol. The number of carbonyl (C=O) groups excluding carboxylic acids is 1. The summed E-state index contributed by atoms with van der Waals surface area (Å²) in [6.45, 7) is 3.82. The van der Waals surface area contributed by atoms with Gasteiger partial charge in [-0.15, -0.1) is 0 Å². The Bertz CT molecular complexity index is 862. The highest BCUT2D eigenvalue weighted by atomic mass is 79.9. The molecule has 6 heteroatoms. The number of rotatable bonds is 2. The number of hydrogen-bond donors (Lipinski definition) is 1. The molecular formula is C16H13BrN4O. The van der Waals surface area contributed by atoms with Gasteiger partial charge in [0.2, 0.25) is 0 Å². The molecule has 1 N–H and O–H groups in total. The molecule has 2 aromatic heterocycles. The fourth-order valence-electron chi connectivity index (χ4n) is 2.02. The predicted molar refractivity (Wildman–Crippen MR) is 88.9 cm³/mol. The van der Waals surface area contributed by atoms with Crippen molar-refractivity contribution in [3.63, 3.8) is 0 Å². The van der Waals surface area contributed by atoms with Crippen LogP contribution >= 0.6 is 15.9 Å². The zero-order valence-electron chi connectivity index (χ0n) is 12.1. The highest BCUT2D eigenvalue weighted by Gasteiger charge is 2.09. The molecule has 0 aliphatic carbocycles. The summed E-state index contributed by atoms with van der Waals surface area (Å²) in [5.74, 6) is -0.203. The Labute approximate surface area is 136 Å². The number of benzene rings is 1. The molecule has 0 unspecified atom stereocenters. The van der Waals surface area contributed by atoms with E-state index in [0.717, 1.165) is 21.5 Å². The zero-order chi connectivity index (χ0) is 15.7. The van der Waals surface area contributed by atoms with E-state index in [4.69, 9.17) is 0 Å². The number of anilines is 1. The molecule has 0 saturated carbocycles. The smallest absolute Gasteiger partial charge is 0.255 e. The lowest BCUT2D eigenvalue weighted by Gasteiger charge is -2.07. The van der Waals surface area contributed by atoms with Gasteiger partial charge in [-0.1, -0.05) is 0 Å². The van der Waals surface area contributed by atoms with Crippen molar-refractivity contribution in [1.82, 2.24) is 15.0 Å². The quantitative estimate of drug-likeness (QED) is 0.711. The van der Waals surface area contributed by atoms with E-state index in [-0.39, 0.29) is 5.91 Å². The van der Waals surface area contributed by atoms with E-state index in [1.54, 1.807) is 30.5 Å². The summed E-state index contributed by atoms with van der Waals surface area (Å²) >= 11 is 3.26. The van der Waals surface area contributed by atoms with Gasteiger partial charge in [0.25, 0.3) is 5.91 Å². The molecule has 0 radical (unpaired) electrons. The SMILES string of the molecule is Cc1nc2ccc(C(=O)Nc3ccc(Br)nc3)cc2nc1C. The molecule has 110 valence electrons. The molecule has 0 saturated heterocycles. The van der Waals surface area contributed by atoms with Crippen LogP contribution in [0.4, 0.5) is 5.69 Å². The van der Waals surface area contributed by atoms with Crippen LogP contribution in [0, 0.1) is 13.8 Å². The van der Waals surface area contributed by atoms with Crippen molar-refractivity contribution < 1.29 is 4.79 Å². The molecule has 1 aromatic carbocycles. The van der Waals surface area contributed by atoms with E-state index in [2.05, 4.69) is 36.2 Å². The van der Waals surface area contributed by atoms with Crippen molar-refractivity contribution in [3.8, 4) is 0 Å². The zero-order valence-corrected chi connectivity index (χ0v) is 13.7. The molecule has 0 aliphatic rings. The maximum absolute atomic E-state index is 12.3. The molecule has 0 aliphatic heterocycles. The van der Waals surface area contributed by atoms with E-state index in [1.165, 1.54) is 0 Å². The molecule has 0 bridgehead atoms. The van der Waals surface area contributed by atoms with Gasteiger partial charge in [0.05, 0.1) is 34.3 Å². The minimum atomic E-state index is -0.203. The third-order valence-corrected chi connectivity index (χ3v) is 3.79. The first-order chi connectivity index (χ1) is 10.5. The topological polar surface area (TPSA) is 67.8 Å². The van der Waals surface area contributed by atoms with Crippen LogP contribution in [0.15, 0.2) is 41.1 Å². The highest BCUT2D eigenvalue weighted by Crippen LogP contribution is 2.16. The number of halogens is 1. The largest absolute Gasteiger partial charge is 0.321 e. The molecule has 0 spiro atoms. The van der Waals surface area contributed by atoms with Gasteiger partial charge < -0.3 is 5.32 Å². The van der Waals surface area contributed by atoms with Gasteiger partial charge in [0.15, 0.2) is 0 Å². The third-order valence-electron chi connectivity index (χ3n) is 3.32. The molecule has 3 rings (SSSR count). The van der Waals surface area contributed by atoms with Gasteiger partial charge in [-0.05, 0) is 60.1 Å². The second-order valence-corrected chi connectivity index (χ2v) is 5.73. The summed E-state index contributed by atoms with van der Waals surface area (Å²) in [5, 5.41) is 2.81. The maximum atomic E-state index is 12.3. The van der Waals surface area contributed by atoms with Crippen molar-refractivity contribution in [2.45, 2.75) is 13.8 Å². The second kappa shape index (κ2) is 5.81. The van der Waals surface area contributed by atoms with Gasteiger partial charge in [0.1, 0.15) is 4.60 Å². The first kappa shape index (κ1) is 14.6. The van der Waals surface area contributed by atoms with Gasteiger partial charge in [0, 0.05) is 5.56 Å². The molecular weight excluding hydrogens is 344 g/mol. The van der Waals surface area contributed by atoms with Crippen LogP contribution in [0.2, 0.25) is 0 Å². The summed E-state index contributed by atoms with van der Waals surface area (Å²) < 4.78 is 0.720. The Morgan fingerprint density at radius 2 is 1.77 bits per heavy atom. The average molecular weight is 357 g/mol. The molecule has 0 atom stereocenters. The van der Waals surface area contributed by atoms with Crippen molar-refractivity contribution in [1.29, 1.82) is 0 Å². The minimum Gasteiger partial charge on any atom is -0.321 e. The van der Waals surface area contributed by atoms with Crippen LogP contribution < -0.4 is 5.32 Å². The molecule has 22 heavy (non-hydrogen) atoms. The van der Waals surface area contributed by atoms with Crippen LogP contribution in [-0.4, -0.2) is 20.9 Å². The number of pyridine rings is 1. The van der Waals surface area contributed by atoms with Crippen molar-refractivity contribution in [2.24, 2.45) is 0 Å². The lowest BCUT2D eigenvalue weighted by atomic mass is 10.1. The number of amides is 1. The number of aryl methyl sites for hydroxylation is 2. The fourth-order valence-corrected chi connectivity index (χ4v) is 2.26. The number of fused-ring (bicyclic) bond motifs is 1. The molecule has 5 nitrogen and oxygen atoms in total. The van der Waals surface area contributed by atoms with Gasteiger partial charge >= 0.3 is 0 Å². The van der Waals surface area contributed by atoms with E-state index in [9.17, 15) is 4.79 Å². The normalized spacial score (nSPS) is 10.7. The molecule has 2 heterocycles. The van der Waals surface area contributed by atoms with Gasteiger partial charge in [-0.25, -0.2) is 15.0 Å². The predicted octanol–water partition coefficient (Wildman–Crippen LogP) is 3.66. The van der Waals surface area contributed by atoms with Crippen LogP contribution in [0.5, 0.6) is 0 Å². The Morgan fingerprint density at radius 3 is 2.45 bits per heavy atom. The van der Waals surface area contributed by atoms with Crippen LogP contribution in [0.1, 0.15) is 21.7 Å². The van der Waals surface area contributed by atoms with E-state index in [0.29, 0.717) is 16.8 Å². The van der Waals surface area contributed by atoms with Gasteiger partial charge in [-0.3, -0.25) is 4.79 Å². The third kappa shape index (κ3) is 2.96. The molecule has 0 fully saturated rings. The number of carbonyl (C=O) groups is 1. The van der Waals surface area contributed by atoms with Crippen LogP contribution in [0.25, 0.3) is 11.0 Å². The summed E-state index contributed by atoms with van der Waals surface area (Å²) in [5.41, 5.74) is 4.43.